The molecule has 0 saturated heterocycles. The highest BCUT2D eigenvalue weighted by Gasteiger charge is 2.19. The average Bonchev–Trinajstić information content (AvgIpc) is 2.17. The molecule has 1 aromatic heterocycles. The Hall–Kier alpha value is -1.75. The second-order valence-corrected chi connectivity index (χ2v) is 2.78. The summed E-state index contributed by atoms with van der Waals surface area (Å²) in [4.78, 5) is 25.5. The summed E-state index contributed by atoms with van der Waals surface area (Å²) in [5.74, 6) is -1.55. The molecule has 0 amide bonds. The van der Waals surface area contributed by atoms with Crippen molar-refractivity contribution in [3.05, 3.63) is 30.1 Å². The van der Waals surface area contributed by atoms with Crippen LogP contribution in [0.15, 0.2) is 24.4 Å². The van der Waals surface area contributed by atoms with Crippen LogP contribution in [0.4, 0.5) is 0 Å². The second-order valence-electron chi connectivity index (χ2n) is 2.78. The van der Waals surface area contributed by atoms with Gasteiger partial charge in [0.05, 0.1) is 12.5 Å². The monoisotopic (exact) mass is 194 g/mol. The summed E-state index contributed by atoms with van der Waals surface area (Å²) in [6.07, 6.45) is 1.08. The van der Waals surface area contributed by atoms with Gasteiger partial charge in [-0.1, -0.05) is 6.07 Å². The summed E-state index contributed by atoms with van der Waals surface area (Å²) in [5.41, 5.74) is 5.58. The largest absolute Gasteiger partial charge is 0.481 e. The minimum Gasteiger partial charge on any atom is -0.481 e. The maximum Gasteiger partial charge on any atom is 0.305 e. The van der Waals surface area contributed by atoms with E-state index in [9.17, 15) is 9.59 Å². The molecule has 0 saturated carbocycles. The average molecular weight is 194 g/mol. The number of carboxylic acids is 1. The Morgan fingerprint density at radius 2 is 2.21 bits per heavy atom. The van der Waals surface area contributed by atoms with Gasteiger partial charge < -0.3 is 10.8 Å². The highest BCUT2D eigenvalue weighted by atomic mass is 16.4. The Morgan fingerprint density at radius 1 is 1.50 bits per heavy atom. The van der Waals surface area contributed by atoms with E-state index in [0.29, 0.717) is 0 Å². The molecule has 1 rings (SSSR count). The van der Waals surface area contributed by atoms with Crippen LogP contribution >= 0.6 is 0 Å². The normalized spacial score (nSPS) is 12.1. The second kappa shape index (κ2) is 4.48. The minimum atomic E-state index is -1.10. The summed E-state index contributed by atoms with van der Waals surface area (Å²) in [6.45, 7) is 0. The molecule has 1 atom stereocenters. The number of hydrogen-bond acceptors (Lipinski definition) is 4. The van der Waals surface area contributed by atoms with Crippen LogP contribution in [0.2, 0.25) is 0 Å². The fraction of sp³-hybridized carbons (Fsp3) is 0.222. The van der Waals surface area contributed by atoms with Crippen molar-refractivity contribution in [2.24, 2.45) is 5.73 Å². The highest BCUT2D eigenvalue weighted by molar-refractivity contribution is 5.99. The Balaban J connectivity index is 2.71. The summed E-state index contributed by atoms with van der Waals surface area (Å²) < 4.78 is 0. The lowest BCUT2D eigenvalue weighted by molar-refractivity contribution is -0.137. The molecule has 5 heteroatoms. The highest BCUT2D eigenvalue weighted by Crippen LogP contribution is 2.00. The molecule has 1 aromatic rings. The lowest BCUT2D eigenvalue weighted by Gasteiger charge is -2.06. The molecule has 0 bridgehead atoms. The van der Waals surface area contributed by atoms with E-state index < -0.39 is 17.8 Å². The van der Waals surface area contributed by atoms with Gasteiger partial charge in [-0.25, -0.2) is 0 Å². The molecule has 0 spiro atoms. The smallest absolute Gasteiger partial charge is 0.305 e. The molecule has 1 heterocycles. The fourth-order valence-corrected chi connectivity index (χ4v) is 0.979. The zero-order valence-electron chi connectivity index (χ0n) is 7.38. The van der Waals surface area contributed by atoms with E-state index in [-0.39, 0.29) is 12.1 Å². The number of pyridine rings is 1. The van der Waals surface area contributed by atoms with Gasteiger partial charge in [-0.3, -0.25) is 14.6 Å². The standard InChI is InChI=1S/C9H10N2O3/c10-6(5-8(12)13)9(14)7-3-1-2-4-11-7/h1-4,6H,5,10H2,(H,12,13). The van der Waals surface area contributed by atoms with Gasteiger partial charge in [0, 0.05) is 6.20 Å². The van der Waals surface area contributed by atoms with Crippen LogP contribution in [0.5, 0.6) is 0 Å². The van der Waals surface area contributed by atoms with Crippen LogP contribution in [-0.2, 0) is 4.79 Å². The minimum absolute atomic E-state index is 0.196. The third-order valence-corrected chi connectivity index (χ3v) is 1.65. The van der Waals surface area contributed by atoms with Crippen molar-refractivity contribution in [3.8, 4) is 0 Å². The van der Waals surface area contributed by atoms with Crippen molar-refractivity contribution in [3.63, 3.8) is 0 Å². The number of Topliss-reactive ketones (excluding diaryl/α,β-unsaturated/α-hetero) is 1. The number of nitrogens with zero attached hydrogens (tertiary/aromatic N) is 1. The first-order valence-electron chi connectivity index (χ1n) is 4.04. The Kier molecular flexibility index (Phi) is 3.30. The van der Waals surface area contributed by atoms with Gasteiger partial charge in [-0.15, -0.1) is 0 Å². The first-order chi connectivity index (χ1) is 6.61. The van der Waals surface area contributed by atoms with E-state index >= 15 is 0 Å². The molecular weight excluding hydrogens is 184 g/mol. The number of rotatable bonds is 4. The topological polar surface area (TPSA) is 93.3 Å². The summed E-state index contributed by atoms with van der Waals surface area (Å²) in [6, 6.07) is 3.79. The zero-order valence-corrected chi connectivity index (χ0v) is 7.38. The van der Waals surface area contributed by atoms with Gasteiger partial charge in [-0.05, 0) is 12.1 Å². The Bertz CT molecular complexity index is 337. The third kappa shape index (κ3) is 2.63. The molecule has 3 N–H and O–H groups in total. The van der Waals surface area contributed by atoms with Crippen LogP contribution in [-0.4, -0.2) is 27.9 Å². The lowest BCUT2D eigenvalue weighted by atomic mass is 10.1. The van der Waals surface area contributed by atoms with E-state index in [1.807, 2.05) is 0 Å². The molecule has 0 radical (unpaired) electrons. The number of carbonyl (C=O) groups excluding carboxylic acids is 1. The van der Waals surface area contributed by atoms with Crippen LogP contribution in [0.25, 0.3) is 0 Å². The van der Waals surface area contributed by atoms with E-state index in [0.717, 1.165) is 0 Å². The van der Waals surface area contributed by atoms with Gasteiger partial charge >= 0.3 is 5.97 Å². The molecule has 0 aromatic carbocycles. The quantitative estimate of drug-likeness (QED) is 0.661. The number of ketones is 1. The number of carbonyl (C=O) groups is 2. The maximum absolute atomic E-state index is 11.4. The molecule has 0 aliphatic heterocycles. The molecule has 1 unspecified atom stereocenters. The number of aliphatic carboxylic acids is 1. The first kappa shape index (κ1) is 10.3. The predicted molar refractivity (Wildman–Crippen MR) is 48.8 cm³/mol. The van der Waals surface area contributed by atoms with Crippen LogP contribution < -0.4 is 5.73 Å². The molecule has 14 heavy (non-hydrogen) atoms. The zero-order chi connectivity index (χ0) is 10.6. The molecule has 74 valence electrons. The van der Waals surface area contributed by atoms with Crippen molar-refractivity contribution >= 4 is 11.8 Å². The van der Waals surface area contributed by atoms with Gasteiger partial charge in [-0.2, -0.15) is 0 Å². The first-order valence-corrected chi connectivity index (χ1v) is 4.04. The number of hydrogen-bond donors (Lipinski definition) is 2. The van der Waals surface area contributed by atoms with E-state index in [1.54, 1.807) is 12.1 Å². The molecule has 5 nitrogen and oxygen atoms in total. The molecular formula is C9H10N2O3. The van der Waals surface area contributed by atoms with Crippen LogP contribution in [0, 0.1) is 0 Å². The van der Waals surface area contributed by atoms with Crippen LogP contribution in [0.3, 0.4) is 0 Å². The summed E-state index contributed by atoms with van der Waals surface area (Å²) in [5, 5.41) is 8.43. The van der Waals surface area contributed by atoms with Gasteiger partial charge in [0.15, 0.2) is 5.78 Å². The van der Waals surface area contributed by atoms with Crippen molar-refractivity contribution < 1.29 is 14.7 Å². The maximum atomic E-state index is 11.4. The van der Waals surface area contributed by atoms with E-state index in [2.05, 4.69) is 4.98 Å². The van der Waals surface area contributed by atoms with Gasteiger partial charge in [0.1, 0.15) is 5.69 Å². The van der Waals surface area contributed by atoms with E-state index in [4.69, 9.17) is 10.8 Å². The fourth-order valence-electron chi connectivity index (χ4n) is 0.979. The van der Waals surface area contributed by atoms with Crippen molar-refractivity contribution in [1.82, 2.24) is 4.98 Å². The predicted octanol–water partition coefficient (Wildman–Crippen LogP) is 0.0663. The van der Waals surface area contributed by atoms with E-state index in [1.165, 1.54) is 12.3 Å². The van der Waals surface area contributed by atoms with Gasteiger partial charge in [0.2, 0.25) is 0 Å². The Labute approximate surface area is 80.6 Å². The molecule has 0 aliphatic rings. The Morgan fingerprint density at radius 3 is 2.71 bits per heavy atom. The number of nitrogens with two attached hydrogens (primary N) is 1. The van der Waals surface area contributed by atoms with Crippen molar-refractivity contribution in [2.75, 3.05) is 0 Å². The summed E-state index contributed by atoms with van der Waals surface area (Å²) >= 11 is 0. The van der Waals surface area contributed by atoms with Gasteiger partial charge in [0.25, 0.3) is 0 Å². The van der Waals surface area contributed by atoms with Crippen LogP contribution in [0.1, 0.15) is 16.9 Å². The number of aromatic nitrogens is 1. The van der Waals surface area contributed by atoms with Crippen molar-refractivity contribution in [2.45, 2.75) is 12.5 Å². The SMILES string of the molecule is NC(CC(=O)O)C(=O)c1ccccn1. The lowest BCUT2D eigenvalue weighted by Crippen LogP contribution is -2.33. The summed E-state index contributed by atoms with van der Waals surface area (Å²) in [7, 11) is 0. The molecule has 0 aliphatic carbocycles. The van der Waals surface area contributed by atoms with Crippen molar-refractivity contribution in [1.29, 1.82) is 0 Å². The number of carboxylic acid groups (broad SMARTS) is 1. The third-order valence-electron chi connectivity index (χ3n) is 1.65. The molecule has 0 fully saturated rings.